The first kappa shape index (κ1) is 25.5. The van der Waals surface area contributed by atoms with Crippen molar-refractivity contribution in [3.05, 3.63) is 60.0 Å². The molecule has 2 saturated heterocycles. The number of imidazole rings is 1. The van der Waals surface area contributed by atoms with Crippen molar-refractivity contribution in [2.24, 2.45) is 11.8 Å². The van der Waals surface area contributed by atoms with Crippen molar-refractivity contribution in [1.82, 2.24) is 19.6 Å². The summed E-state index contributed by atoms with van der Waals surface area (Å²) < 4.78 is 7.70. The summed E-state index contributed by atoms with van der Waals surface area (Å²) in [6.07, 6.45) is 6.20. The lowest BCUT2D eigenvalue weighted by atomic mass is 9.90. The summed E-state index contributed by atoms with van der Waals surface area (Å²) in [6.45, 7) is 7.94. The molecule has 0 radical (unpaired) electrons. The number of hydrogen-bond acceptors (Lipinski definition) is 4. The predicted octanol–water partition coefficient (Wildman–Crippen LogP) is 4.93. The maximum Gasteiger partial charge on any atom is 0.246 e. The molecule has 2 fully saturated rings. The fourth-order valence-corrected chi connectivity index (χ4v) is 5.65. The van der Waals surface area contributed by atoms with Gasteiger partial charge in [-0.3, -0.25) is 9.59 Å². The Bertz CT molecular complexity index is 1250. The van der Waals surface area contributed by atoms with E-state index in [0.717, 1.165) is 60.3 Å². The number of benzene rings is 1. The molecule has 0 saturated carbocycles. The minimum Gasteiger partial charge on any atom is -0.381 e. The Kier molecular flexibility index (Phi) is 7.60. The molecular formula is C30H38N4O3. The Morgan fingerprint density at radius 1 is 1.11 bits per heavy atom. The summed E-state index contributed by atoms with van der Waals surface area (Å²) >= 11 is 0. The first-order valence-electron chi connectivity index (χ1n) is 13.7. The minimum atomic E-state index is -0.523. The molecular weight excluding hydrogens is 464 g/mol. The number of amides is 2. The summed E-state index contributed by atoms with van der Waals surface area (Å²) in [6, 6.07) is 13.9. The van der Waals surface area contributed by atoms with Gasteiger partial charge in [-0.1, -0.05) is 44.2 Å². The van der Waals surface area contributed by atoms with E-state index in [1.807, 2.05) is 36.9 Å². The van der Waals surface area contributed by atoms with E-state index < -0.39 is 6.04 Å². The van der Waals surface area contributed by atoms with Gasteiger partial charge in [0, 0.05) is 43.1 Å². The number of carbonyl (C=O) groups is 2. The van der Waals surface area contributed by atoms with Crippen LogP contribution in [0.2, 0.25) is 0 Å². The molecule has 4 heterocycles. The largest absolute Gasteiger partial charge is 0.381 e. The highest BCUT2D eigenvalue weighted by Gasteiger charge is 2.40. The molecule has 2 aromatic heterocycles. The normalized spacial score (nSPS) is 20.2. The Balaban J connectivity index is 1.46. The van der Waals surface area contributed by atoms with Gasteiger partial charge in [0.15, 0.2) is 0 Å². The highest BCUT2D eigenvalue weighted by Crippen LogP contribution is 2.35. The molecule has 0 aliphatic carbocycles. The number of likely N-dealkylation sites (tertiary alicyclic amines) is 1. The highest BCUT2D eigenvalue weighted by atomic mass is 16.5. The molecule has 2 aliphatic rings. The number of ether oxygens (including phenoxy) is 1. The molecule has 2 aliphatic heterocycles. The third-order valence-corrected chi connectivity index (χ3v) is 8.16. The third-order valence-electron chi connectivity index (χ3n) is 8.16. The second kappa shape index (κ2) is 11.1. The molecule has 0 unspecified atom stereocenters. The fraction of sp³-hybridized carbons (Fsp3) is 0.500. The Morgan fingerprint density at radius 3 is 2.59 bits per heavy atom. The zero-order valence-corrected chi connectivity index (χ0v) is 22.2. The molecule has 5 rings (SSSR count). The SMILES string of the molecule is CC[C@@H](C)C(=O)N[C@H](C(=O)N1CCC[C@H]1c1cn2c(C)ccc(-c3ccccc3)c2n1)C1CCOCC1. The van der Waals surface area contributed by atoms with E-state index in [1.54, 1.807) is 0 Å². The van der Waals surface area contributed by atoms with E-state index >= 15 is 0 Å². The quantitative estimate of drug-likeness (QED) is 0.497. The lowest BCUT2D eigenvalue weighted by Crippen LogP contribution is -2.54. The Hall–Kier alpha value is -3.19. The fourth-order valence-electron chi connectivity index (χ4n) is 5.65. The maximum absolute atomic E-state index is 14.1. The molecule has 7 heteroatoms. The average Bonchev–Trinajstić information content (AvgIpc) is 3.60. The predicted molar refractivity (Wildman–Crippen MR) is 144 cm³/mol. The summed E-state index contributed by atoms with van der Waals surface area (Å²) in [7, 11) is 0. The molecule has 1 aromatic carbocycles. The number of pyridine rings is 1. The smallest absolute Gasteiger partial charge is 0.246 e. The molecule has 1 N–H and O–H groups in total. The number of nitrogens with zero attached hydrogens (tertiary/aromatic N) is 3. The summed E-state index contributed by atoms with van der Waals surface area (Å²) in [5.74, 6) is -0.0621. The first-order chi connectivity index (χ1) is 18.0. The average molecular weight is 503 g/mol. The van der Waals surface area contributed by atoms with Crippen LogP contribution in [0.5, 0.6) is 0 Å². The molecule has 3 aromatic rings. The van der Waals surface area contributed by atoms with Gasteiger partial charge in [0.25, 0.3) is 0 Å². The monoisotopic (exact) mass is 502 g/mol. The lowest BCUT2D eigenvalue weighted by Gasteiger charge is -2.35. The van der Waals surface area contributed by atoms with Crippen LogP contribution in [0.3, 0.4) is 0 Å². The second-order valence-electron chi connectivity index (χ2n) is 10.5. The number of carbonyl (C=O) groups excluding carboxylic acids is 2. The van der Waals surface area contributed by atoms with E-state index in [4.69, 9.17) is 9.72 Å². The standard InChI is InChI=1S/C30H38N4O3/c1-4-20(2)29(35)32-27(23-14-17-37-18-15-23)30(36)33-16-8-11-26(33)25-19-34-21(3)12-13-24(28(34)31-25)22-9-6-5-7-10-22/h5-7,9-10,12-13,19-20,23,26-27H,4,8,11,14-18H2,1-3H3,(H,32,35)/t20-,26+,27+/m1/s1. The van der Waals surface area contributed by atoms with Crippen LogP contribution < -0.4 is 5.32 Å². The summed E-state index contributed by atoms with van der Waals surface area (Å²) in [4.78, 5) is 34.0. The molecule has 2 amide bonds. The van der Waals surface area contributed by atoms with Gasteiger partial charge < -0.3 is 19.4 Å². The molecule has 0 bridgehead atoms. The number of rotatable bonds is 7. The third kappa shape index (κ3) is 5.14. The van der Waals surface area contributed by atoms with Crippen LogP contribution in [0.4, 0.5) is 0 Å². The van der Waals surface area contributed by atoms with Crippen molar-refractivity contribution >= 4 is 17.5 Å². The number of nitrogens with one attached hydrogen (secondary N) is 1. The van der Waals surface area contributed by atoms with Gasteiger partial charge in [-0.2, -0.15) is 0 Å². The maximum atomic E-state index is 14.1. The number of aromatic nitrogens is 2. The molecule has 37 heavy (non-hydrogen) atoms. The van der Waals surface area contributed by atoms with Crippen LogP contribution in [0.25, 0.3) is 16.8 Å². The van der Waals surface area contributed by atoms with Gasteiger partial charge in [0.1, 0.15) is 11.7 Å². The van der Waals surface area contributed by atoms with E-state index in [1.165, 1.54) is 0 Å². The number of fused-ring (bicyclic) bond motifs is 1. The number of aryl methyl sites for hydroxylation is 1. The van der Waals surface area contributed by atoms with E-state index in [0.29, 0.717) is 19.8 Å². The summed E-state index contributed by atoms with van der Waals surface area (Å²) in [5.41, 5.74) is 5.12. The molecule has 196 valence electrons. The van der Waals surface area contributed by atoms with Gasteiger partial charge in [0.05, 0.1) is 11.7 Å². The van der Waals surface area contributed by atoms with Crippen molar-refractivity contribution in [3.8, 4) is 11.1 Å². The Morgan fingerprint density at radius 2 is 1.86 bits per heavy atom. The first-order valence-corrected chi connectivity index (χ1v) is 13.7. The zero-order valence-electron chi connectivity index (χ0n) is 22.2. The van der Waals surface area contributed by atoms with Gasteiger partial charge >= 0.3 is 0 Å². The van der Waals surface area contributed by atoms with Gasteiger partial charge in [-0.05, 0) is 62.6 Å². The van der Waals surface area contributed by atoms with Crippen LogP contribution in [0, 0.1) is 18.8 Å². The zero-order chi connectivity index (χ0) is 25.9. The van der Waals surface area contributed by atoms with E-state index in [-0.39, 0.29) is 29.7 Å². The second-order valence-corrected chi connectivity index (χ2v) is 10.5. The molecule has 0 spiro atoms. The van der Waals surface area contributed by atoms with Crippen LogP contribution >= 0.6 is 0 Å². The van der Waals surface area contributed by atoms with Gasteiger partial charge in [-0.15, -0.1) is 0 Å². The minimum absolute atomic E-state index is 0.0168. The highest BCUT2D eigenvalue weighted by molar-refractivity contribution is 5.89. The van der Waals surface area contributed by atoms with E-state index in [9.17, 15) is 9.59 Å². The lowest BCUT2D eigenvalue weighted by molar-refractivity contribution is -0.140. The molecule has 3 atom stereocenters. The van der Waals surface area contributed by atoms with Crippen LogP contribution in [0.1, 0.15) is 63.4 Å². The van der Waals surface area contributed by atoms with Crippen LogP contribution in [0.15, 0.2) is 48.7 Å². The van der Waals surface area contributed by atoms with E-state index in [2.05, 4.69) is 47.1 Å². The molecule has 7 nitrogen and oxygen atoms in total. The van der Waals surface area contributed by atoms with Gasteiger partial charge in [0.2, 0.25) is 11.8 Å². The topological polar surface area (TPSA) is 75.9 Å². The summed E-state index contributed by atoms with van der Waals surface area (Å²) in [5, 5.41) is 3.14. The van der Waals surface area contributed by atoms with Crippen molar-refractivity contribution < 1.29 is 14.3 Å². The number of hydrogen-bond donors (Lipinski definition) is 1. The van der Waals surface area contributed by atoms with Crippen molar-refractivity contribution in [1.29, 1.82) is 0 Å². The van der Waals surface area contributed by atoms with Crippen LogP contribution in [-0.2, 0) is 14.3 Å². The van der Waals surface area contributed by atoms with Crippen molar-refractivity contribution in [2.75, 3.05) is 19.8 Å². The van der Waals surface area contributed by atoms with Gasteiger partial charge in [-0.25, -0.2) is 4.98 Å². The van der Waals surface area contributed by atoms with Crippen molar-refractivity contribution in [2.45, 2.75) is 65.0 Å². The Labute approximate surface area is 219 Å². The van der Waals surface area contributed by atoms with Crippen molar-refractivity contribution in [3.63, 3.8) is 0 Å². The van der Waals surface area contributed by atoms with Crippen LogP contribution in [-0.4, -0.2) is 51.9 Å².